The number of phosphoric ester groups is 2. The molecule has 11 atom stereocenters. The van der Waals surface area contributed by atoms with Crippen molar-refractivity contribution in [1.82, 2.24) is 9.55 Å². The highest BCUT2D eigenvalue weighted by molar-refractivity contribution is 7.59. The molecule has 21 heteroatoms. The quantitative estimate of drug-likeness (QED) is 0.137. The molecule has 0 aromatic carbocycles. The zero-order valence-corrected chi connectivity index (χ0v) is 19.6. The van der Waals surface area contributed by atoms with Crippen LogP contribution in [0.25, 0.3) is 0 Å². The Morgan fingerprint density at radius 2 is 1.58 bits per heavy atom. The second-order valence-corrected chi connectivity index (χ2v) is 10.5. The predicted molar refractivity (Wildman–Crippen MR) is 104 cm³/mol. The topological polar surface area (TPSA) is 303 Å². The molecule has 1 aromatic heterocycles. The lowest BCUT2D eigenvalue weighted by Crippen LogP contribution is -2.59. The minimum Gasteiger partial charge on any atom is -0.756 e. The highest BCUT2D eigenvalue weighted by Crippen LogP contribution is 2.57. The summed E-state index contributed by atoms with van der Waals surface area (Å²) in [5, 5.41) is 58.4. The summed E-state index contributed by atoms with van der Waals surface area (Å²) in [4.78, 5) is 48.9. The van der Waals surface area contributed by atoms with Gasteiger partial charge in [0.1, 0.15) is 42.7 Å². The van der Waals surface area contributed by atoms with Crippen LogP contribution >= 0.6 is 15.6 Å². The van der Waals surface area contributed by atoms with Gasteiger partial charge in [0.2, 0.25) is 0 Å². The summed E-state index contributed by atoms with van der Waals surface area (Å²) in [7, 11) is -11.7. The van der Waals surface area contributed by atoms with Gasteiger partial charge in [-0.15, -0.1) is 0 Å². The standard InChI is InChI=1S/C15H24N2O17P2/c18-3-5-8(20)10(22)12(24)14(32-5)33-36(28,29)34-35(26,27)30-4-6-9(21)11(23)13(31-6)17-2-1-7(19)16-15(17)25/h1-2,5-6,8-14,18,20-24H,3-4H2,(H,26,27)(H,28,29)(H,16,19,25)/p-2/t5-,6?,8+,9?,10+,11?,12-,13?,14-/m1/s1. The van der Waals surface area contributed by atoms with Gasteiger partial charge in [-0.25, -0.2) is 9.11 Å². The maximum absolute atomic E-state index is 12.0. The number of hydrogen-bond acceptors (Lipinski definition) is 17. The molecule has 36 heavy (non-hydrogen) atoms. The molecule has 0 bridgehead atoms. The van der Waals surface area contributed by atoms with Gasteiger partial charge >= 0.3 is 5.69 Å². The van der Waals surface area contributed by atoms with Crippen LogP contribution in [0.1, 0.15) is 6.23 Å². The van der Waals surface area contributed by atoms with E-state index in [4.69, 9.17) is 14.6 Å². The molecule has 0 radical (unpaired) electrons. The molecule has 0 spiro atoms. The van der Waals surface area contributed by atoms with Crippen molar-refractivity contribution in [1.29, 1.82) is 0 Å². The van der Waals surface area contributed by atoms with Crippen molar-refractivity contribution in [3.05, 3.63) is 33.1 Å². The number of rotatable bonds is 9. The Balaban J connectivity index is 1.61. The number of aliphatic hydroxyl groups is 6. The molecule has 7 N–H and O–H groups in total. The number of phosphoric acid groups is 2. The Bertz CT molecular complexity index is 1120. The van der Waals surface area contributed by atoms with E-state index in [1.54, 1.807) is 0 Å². The number of ether oxygens (including phenoxy) is 2. The van der Waals surface area contributed by atoms with E-state index in [1.165, 1.54) is 0 Å². The fourth-order valence-electron chi connectivity index (χ4n) is 3.34. The van der Waals surface area contributed by atoms with Gasteiger partial charge in [-0.3, -0.25) is 28.0 Å². The number of aromatic nitrogens is 2. The number of aromatic amines is 1. The van der Waals surface area contributed by atoms with Crippen LogP contribution in [-0.4, -0.2) is 102 Å². The maximum atomic E-state index is 12.0. The molecule has 3 rings (SSSR count). The van der Waals surface area contributed by atoms with E-state index in [1.807, 2.05) is 4.98 Å². The highest BCUT2D eigenvalue weighted by Gasteiger charge is 2.47. The van der Waals surface area contributed by atoms with Crippen LogP contribution in [0.15, 0.2) is 21.9 Å². The summed E-state index contributed by atoms with van der Waals surface area (Å²) in [5.41, 5.74) is -1.78. The predicted octanol–water partition coefficient (Wildman–Crippen LogP) is -6.06. The van der Waals surface area contributed by atoms with E-state index in [-0.39, 0.29) is 0 Å². The van der Waals surface area contributed by atoms with Gasteiger partial charge in [0, 0.05) is 12.3 Å². The first-order valence-corrected chi connectivity index (χ1v) is 12.9. The molecule has 3 heterocycles. The van der Waals surface area contributed by atoms with Crippen LogP contribution < -0.4 is 21.0 Å². The molecular formula is C15H22N2O17P2-2. The second-order valence-electron chi connectivity index (χ2n) is 7.64. The Labute approximate surface area is 199 Å². The Hall–Kier alpha value is -1.38. The molecule has 6 unspecified atom stereocenters. The lowest BCUT2D eigenvalue weighted by Gasteiger charge is -2.41. The molecule has 2 fully saturated rings. The normalized spacial score (nSPS) is 38.4. The molecular weight excluding hydrogens is 542 g/mol. The van der Waals surface area contributed by atoms with Gasteiger partial charge in [0.25, 0.3) is 21.2 Å². The van der Waals surface area contributed by atoms with Crippen LogP contribution in [-0.2, 0) is 32.0 Å². The van der Waals surface area contributed by atoms with Crippen LogP contribution in [0.4, 0.5) is 0 Å². The summed E-state index contributed by atoms with van der Waals surface area (Å²) in [6.07, 6.45) is -15.8. The molecule has 1 aromatic rings. The third-order valence-electron chi connectivity index (χ3n) is 5.14. The first kappa shape index (κ1) is 29.2. The summed E-state index contributed by atoms with van der Waals surface area (Å²) in [6.45, 7) is -2.05. The van der Waals surface area contributed by atoms with Crippen LogP contribution in [0, 0.1) is 0 Å². The number of H-pyrrole nitrogens is 1. The van der Waals surface area contributed by atoms with E-state index in [0.717, 1.165) is 12.3 Å². The number of nitrogens with zero attached hydrogens (tertiary/aromatic N) is 1. The Morgan fingerprint density at radius 1 is 0.944 bits per heavy atom. The smallest absolute Gasteiger partial charge is 0.330 e. The lowest BCUT2D eigenvalue weighted by molar-refractivity contribution is -0.305. The molecule has 2 saturated heterocycles. The molecule has 2 aliphatic rings. The fourth-order valence-corrected chi connectivity index (χ4v) is 5.42. The zero-order chi connectivity index (χ0) is 27.0. The van der Waals surface area contributed by atoms with Crippen molar-refractivity contribution in [3.8, 4) is 0 Å². The van der Waals surface area contributed by atoms with Crippen LogP contribution in [0.5, 0.6) is 0 Å². The van der Waals surface area contributed by atoms with Gasteiger partial charge in [-0.05, 0) is 0 Å². The maximum Gasteiger partial charge on any atom is 0.330 e. The van der Waals surface area contributed by atoms with Gasteiger partial charge in [-0.2, -0.15) is 0 Å². The Morgan fingerprint density at radius 3 is 2.19 bits per heavy atom. The number of aliphatic hydroxyl groups excluding tert-OH is 6. The van der Waals surface area contributed by atoms with Gasteiger partial charge < -0.3 is 54.4 Å². The van der Waals surface area contributed by atoms with Crippen molar-refractivity contribution in [2.24, 2.45) is 0 Å². The van der Waals surface area contributed by atoms with E-state index >= 15 is 0 Å². The molecule has 2 aliphatic heterocycles. The highest BCUT2D eigenvalue weighted by atomic mass is 31.3. The minimum absolute atomic E-state index is 0.697. The minimum atomic E-state index is -5.90. The van der Waals surface area contributed by atoms with E-state index < -0.39 is 95.4 Å². The zero-order valence-electron chi connectivity index (χ0n) is 17.8. The molecule has 0 saturated carbocycles. The van der Waals surface area contributed by atoms with E-state index in [9.17, 15) is 54.0 Å². The SMILES string of the molecule is O=c1ccn(C2OC(COP(=O)([O-])OP(=O)([O-])O[C@H]3O[C@H](CO)[C@H](O)[C@H](O)[C@H]3O)C(O)C2O)c(=O)[nH]1. The van der Waals surface area contributed by atoms with Gasteiger partial charge in [-0.1, -0.05) is 0 Å². The summed E-state index contributed by atoms with van der Waals surface area (Å²) in [6, 6.07) is 0.911. The largest absolute Gasteiger partial charge is 0.756 e. The second kappa shape index (κ2) is 11.2. The average molecular weight is 564 g/mol. The van der Waals surface area contributed by atoms with Gasteiger partial charge in [0.15, 0.2) is 12.5 Å². The number of hydrogen-bond donors (Lipinski definition) is 7. The third-order valence-corrected chi connectivity index (χ3v) is 7.67. The number of nitrogens with one attached hydrogen (secondary N) is 1. The van der Waals surface area contributed by atoms with Gasteiger partial charge in [0.05, 0.1) is 13.2 Å². The van der Waals surface area contributed by atoms with Crippen molar-refractivity contribution in [2.75, 3.05) is 13.2 Å². The Kier molecular flexibility index (Phi) is 9.05. The molecule has 0 aliphatic carbocycles. The molecule has 0 amide bonds. The van der Waals surface area contributed by atoms with Crippen LogP contribution in [0.2, 0.25) is 0 Å². The monoisotopic (exact) mass is 564 g/mol. The van der Waals surface area contributed by atoms with Crippen molar-refractivity contribution < 1.29 is 72.4 Å². The summed E-state index contributed by atoms with van der Waals surface area (Å²) in [5.74, 6) is 0. The van der Waals surface area contributed by atoms with Crippen molar-refractivity contribution >= 4 is 15.6 Å². The average Bonchev–Trinajstić information content (AvgIpc) is 3.06. The first-order valence-electron chi connectivity index (χ1n) is 9.96. The third kappa shape index (κ3) is 6.54. The first-order chi connectivity index (χ1) is 16.7. The molecule has 19 nitrogen and oxygen atoms in total. The van der Waals surface area contributed by atoms with Crippen LogP contribution in [0.3, 0.4) is 0 Å². The van der Waals surface area contributed by atoms with E-state index in [0.29, 0.717) is 4.57 Å². The fraction of sp³-hybridized carbons (Fsp3) is 0.733. The van der Waals surface area contributed by atoms with E-state index in [2.05, 4.69) is 13.4 Å². The lowest BCUT2D eigenvalue weighted by atomic mass is 10.00. The van der Waals surface area contributed by atoms with Crippen molar-refractivity contribution in [3.63, 3.8) is 0 Å². The van der Waals surface area contributed by atoms with Crippen molar-refractivity contribution in [2.45, 2.75) is 55.2 Å². The summed E-state index contributed by atoms with van der Waals surface area (Å²) < 4.78 is 47.1. The summed E-state index contributed by atoms with van der Waals surface area (Å²) >= 11 is 0. The molecule has 206 valence electrons.